The van der Waals surface area contributed by atoms with E-state index in [-0.39, 0.29) is 17.7 Å². The molecule has 2 N–H and O–H groups in total. The summed E-state index contributed by atoms with van der Waals surface area (Å²) in [7, 11) is 1.61. The molecule has 3 aromatic rings. The standard InChI is InChI=1S/C22H22ClN3O3/c1-12-10-13(2)21(27)16(11-12)18-17-19(25-24-18)22(28)26(8-9-29-3)20(17)14-4-6-15(23)7-5-14/h4-7,10-11,20,27H,8-9H2,1-3H3,(H,24,25). The first kappa shape index (κ1) is 19.5. The zero-order valence-corrected chi connectivity index (χ0v) is 17.2. The maximum Gasteiger partial charge on any atom is 0.273 e. The Hall–Kier alpha value is -2.83. The molecule has 0 bridgehead atoms. The van der Waals surface area contributed by atoms with Crippen LogP contribution in [0.4, 0.5) is 0 Å². The molecule has 2 aromatic carbocycles. The molecule has 6 nitrogen and oxygen atoms in total. The van der Waals surface area contributed by atoms with Gasteiger partial charge in [-0.1, -0.05) is 29.8 Å². The van der Waals surface area contributed by atoms with Crippen molar-refractivity contribution in [2.75, 3.05) is 20.3 Å². The summed E-state index contributed by atoms with van der Waals surface area (Å²) in [4.78, 5) is 14.9. The van der Waals surface area contributed by atoms with Gasteiger partial charge in [-0.3, -0.25) is 9.89 Å². The smallest absolute Gasteiger partial charge is 0.273 e. The van der Waals surface area contributed by atoms with E-state index in [1.165, 1.54) is 0 Å². The van der Waals surface area contributed by atoms with Crippen LogP contribution in [-0.2, 0) is 4.74 Å². The normalized spacial score (nSPS) is 15.8. The van der Waals surface area contributed by atoms with Crippen molar-refractivity contribution in [3.05, 3.63) is 69.4 Å². The van der Waals surface area contributed by atoms with Gasteiger partial charge in [0.25, 0.3) is 5.91 Å². The van der Waals surface area contributed by atoms with Crippen LogP contribution in [0.3, 0.4) is 0 Å². The highest BCUT2D eigenvalue weighted by atomic mass is 35.5. The maximum absolute atomic E-state index is 13.1. The molecule has 1 unspecified atom stereocenters. The lowest BCUT2D eigenvalue weighted by Crippen LogP contribution is -2.32. The van der Waals surface area contributed by atoms with Gasteiger partial charge < -0.3 is 14.7 Å². The number of amides is 1. The monoisotopic (exact) mass is 411 g/mol. The predicted molar refractivity (Wildman–Crippen MR) is 111 cm³/mol. The highest BCUT2D eigenvalue weighted by molar-refractivity contribution is 6.30. The lowest BCUT2D eigenvalue weighted by Gasteiger charge is -2.26. The summed E-state index contributed by atoms with van der Waals surface area (Å²) in [6.07, 6.45) is 0. The molecule has 4 rings (SSSR count). The number of aromatic amines is 1. The number of aromatic hydroxyl groups is 1. The van der Waals surface area contributed by atoms with Gasteiger partial charge in [0, 0.05) is 29.8 Å². The number of ether oxygens (including phenoxy) is 1. The Balaban J connectivity index is 1.91. The molecule has 0 spiro atoms. The van der Waals surface area contributed by atoms with Gasteiger partial charge in [-0.25, -0.2) is 0 Å². The number of phenolic OH excluding ortho intramolecular Hbond substituents is 1. The van der Waals surface area contributed by atoms with Crippen LogP contribution >= 0.6 is 11.6 Å². The minimum Gasteiger partial charge on any atom is -0.507 e. The highest BCUT2D eigenvalue weighted by Gasteiger charge is 2.42. The zero-order valence-electron chi connectivity index (χ0n) is 16.5. The second kappa shape index (κ2) is 7.54. The van der Waals surface area contributed by atoms with E-state index >= 15 is 0 Å². The van der Waals surface area contributed by atoms with E-state index in [1.807, 2.05) is 50.2 Å². The first-order valence-electron chi connectivity index (χ1n) is 9.36. The van der Waals surface area contributed by atoms with Crippen LogP contribution in [0.15, 0.2) is 36.4 Å². The number of methoxy groups -OCH3 is 1. The van der Waals surface area contributed by atoms with Crippen molar-refractivity contribution in [2.24, 2.45) is 0 Å². The Bertz CT molecular complexity index is 1080. The average Bonchev–Trinajstić information content (AvgIpc) is 3.23. The van der Waals surface area contributed by atoms with Crippen LogP contribution in [0.1, 0.15) is 38.8 Å². The molecule has 29 heavy (non-hydrogen) atoms. The molecule has 0 radical (unpaired) electrons. The molecular formula is C22H22ClN3O3. The third-order valence-electron chi connectivity index (χ3n) is 5.29. The molecule has 0 saturated heterocycles. The van der Waals surface area contributed by atoms with E-state index < -0.39 is 0 Å². The fraction of sp³-hybridized carbons (Fsp3) is 0.273. The summed E-state index contributed by atoms with van der Waals surface area (Å²) >= 11 is 6.08. The molecule has 0 aliphatic carbocycles. The second-order valence-corrected chi connectivity index (χ2v) is 7.72. The van der Waals surface area contributed by atoms with Gasteiger partial charge in [0.1, 0.15) is 17.1 Å². The molecule has 1 aliphatic heterocycles. The minimum atomic E-state index is -0.348. The second-order valence-electron chi connectivity index (χ2n) is 7.28. The van der Waals surface area contributed by atoms with E-state index in [2.05, 4.69) is 10.2 Å². The SMILES string of the molecule is COCCN1C(=O)c2[nH]nc(-c3cc(C)cc(C)c3O)c2C1c1ccc(Cl)cc1. The number of phenols is 1. The van der Waals surface area contributed by atoms with Crippen molar-refractivity contribution < 1.29 is 14.6 Å². The highest BCUT2D eigenvalue weighted by Crippen LogP contribution is 2.45. The summed E-state index contributed by atoms with van der Waals surface area (Å²) in [6.45, 7) is 4.67. The lowest BCUT2D eigenvalue weighted by molar-refractivity contribution is 0.0677. The van der Waals surface area contributed by atoms with Crippen LogP contribution < -0.4 is 0 Å². The van der Waals surface area contributed by atoms with Gasteiger partial charge in [0.15, 0.2) is 0 Å². The van der Waals surface area contributed by atoms with Crippen LogP contribution in [0.5, 0.6) is 5.75 Å². The molecular weight excluding hydrogens is 390 g/mol. The van der Waals surface area contributed by atoms with Gasteiger partial charge >= 0.3 is 0 Å². The number of carbonyl (C=O) groups is 1. The Labute approximate surface area is 174 Å². The van der Waals surface area contributed by atoms with Crippen molar-refractivity contribution in [1.29, 1.82) is 0 Å². The summed E-state index contributed by atoms with van der Waals surface area (Å²) in [5.74, 6) is 0.0298. The van der Waals surface area contributed by atoms with Crippen LogP contribution in [0.25, 0.3) is 11.3 Å². The molecule has 1 atom stereocenters. The number of benzene rings is 2. The molecule has 0 saturated carbocycles. The molecule has 1 aromatic heterocycles. The number of hydrogen-bond acceptors (Lipinski definition) is 4. The fourth-order valence-electron chi connectivity index (χ4n) is 3.95. The van der Waals surface area contributed by atoms with Gasteiger partial charge in [-0.05, 0) is 48.7 Å². The summed E-state index contributed by atoms with van der Waals surface area (Å²) in [5, 5.41) is 18.6. The number of rotatable bonds is 5. The third kappa shape index (κ3) is 3.28. The van der Waals surface area contributed by atoms with Crippen molar-refractivity contribution in [1.82, 2.24) is 15.1 Å². The number of carbonyl (C=O) groups excluding carboxylic acids is 1. The Morgan fingerprint density at radius 2 is 1.97 bits per heavy atom. The van der Waals surface area contributed by atoms with Crippen LogP contribution in [0, 0.1) is 13.8 Å². The summed E-state index contributed by atoms with van der Waals surface area (Å²) in [5.41, 5.74) is 5.08. The van der Waals surface area contributed by atoms with Crippen molar-refractivity contribution in [2.45, 2.75) is 19.9 Å². The Kier molecular flexibility index (Phi) is 5.06. The topological polar surface area (TPSA) is 78.5 Å². The number of aryl methyl sites for hydroxylation is 2. The van der Waals surface area contributed by atoms with Crippen molar-refractivity contribution in [3.63, 3.8) is 0 Å². The molecule has 0 fully saturated rings. The first-order valence-corrected chi connectivity index (χ1v) is 9.74. The first-order chi connectivity index (χ1) is 13.9. The Morgan fingerprint density at radius 3 is 2.66 bits per heavy atom. The summed E-state index contributed by atoms with van der Waals surface area (Å²) < 4.78 is 5.22. The molecule has 2 heterocycles. The predicted octanol–water partition coefficient (Wildman–Crippen LogP) is 4.24. The van der Waals surface area contributed by atoms with Crippen molar-refractivity contribution in [3.8, 4) is 17.0 Å². The zero-order chi connectivity index (χ0) is 20.7. The number of fused-ring (bicyclic) bond motifs is 1. The minimum absolute atomic E-state index is 0.139. The summed E-state index contributed by atoms with van der Waals surface area (Å²) in [6, 6.07) is 10.9. The quantitative estimate of drug-likeness (QED) is 0.658. The number of nitrogens with zero attached hydrogens (tertiary/aromatic N) is 2. The fourth-order valence-corrected chi connectivity index (χ4v) is 4.08. The number of hydrogen-bond donors (Lipinski definition) is 2. The van der Waals surface area contributed by atoms with Gasteiger partial charge in [0.05, 0.1) is 12.6 Å². The maximum atomic E-state index is 13.1. The van der Waals surface area contributed by atoms with Gasteiger partial charge in [0.2, 0.25) is 0 Å². The van der Waals surface area contributed by atoms with Gasteiger partial charge in [-0.2, -0.15) is 5.10 Å². The Morgan fingerprint density at radius 1 is 1.24 bits per heavy atom. The average molecular weight is 412 g/mol. The van der Waals surface area contributed by atoms with Crippen molar-refractivity contribution >= 4 is 17.5 Å². The van der Waals surface area contributed by atoms with E-state index in [9.17, 15) is 9.90 Å². The molecule has 7 heteroatoms. The van der Waals surface area contributed by atoms with Crippen LogP contribution in [-0.4, -0.2) is 46.4 Å². The number of aromatic nitrogens is 2. The largest absolute Gasteiger partial charge is 0.507 e. The number of H-pyrrole nitrogens is 1. The van der Waals surface area contributed by atoms with Gasteiger partial charge in [-0.15, -0.1) is 0 Å². The lowest BCUT2D eigenvalue weighted by atomic mass is 9.94. The molecule has 1 amide bonds. The van der Waals surface area contributed by atoms with Crippen LogP contribution in [0.2, 0.25) is 5.02 Å². The molecule has 150 valence electrons. The van der Waals surface area contributed by atoms with E-state index in [1.54, 1.807) is 12.0 Å². The number of halogens is 1. The third-order valence-corrected chi connectivity index (χ3v) is 5.54. The van der Waals surface area contributed by atoms with E-state index in [0.717, 1.165) is 22.3 Å². The molecule has 1 aliphatic rings. The number of nitrogens with one attached hydrogen (secondary N) is 1. The van der Waals surface area contributed by atoms with E-state index in [0.29, 0.717) is 35.1 Å². The van der Waals surface area contributed by atoms with E-state index in [4.69, 9.17) is 16.3 Å².